The van der Waals surface area contributed by atoms with Crippen LogP contribution >= 0.6 is 11.6 Å². The predicted molar refractivity (Wildman–Crippen MR) is 70.6 cm³/mol. The highest BCUT2D eigenvalue weighted by atomic mass is 35.5. The summed E-state index contributed by atoms with van der Waals surface area (Å²) in [5, 5.41) is 0.740. The van der Waals surface area contributed by atoms with Crippen LogP contribution in [0.1, 0.15) is 13.3 Å². The Morgan fingerprint density at radius 2 is 2.06 bits per heavy atom. The summed E-state index contributed by atoms with van der Waals surface area (Å²) in [7, 11) is 0. The number of hydrogen-bond donors (Lipinski definition) is 1. The Hall–Kier alpha value is -0.770. The molecule has 1 aliphatic rings. The summed E-state index contributed by atoms with van der Waals surface area (Å²) in [6.45, 7) is 5.10. The van der Waals surface area contributed by atoms with E-state index < -0.39 is 0 Å². The summed E-state index contributed by atoms with van der Waals surface area (Å²) in [5.74, 6) is 0.895. The number of hydrogen-bond acceptors (Lipinski definition) is 3. The maximum Gasteiger partial charge on any atom is 0.124 e. The Morgan fingerprint density at radius 1 is 1.41 bits per heavy atom. The third-order valence-corrected chi connectivity index (χ3v) is 3.19. The van der Waals surface area contributed by atoms with Gasteiger partial charge in [-0.2, -0.15) is 0 Å². The average Bonchev–Trinajstić information content (AvgIpc) is 2.23. The zero-order valence-corrected chi connectivity index (χ0v) is 10.9. The molecule has 1 heterocycles. The first-order valence-corrected chi connectivity index (χ1v) is 6.41. The summed E-state index contributed by atoms with van der Waals surface area (Å²) in [4.78, 5) is 2.37. The molecule has 3 nitrogen and oxygen atoms in total. The summed E-state index contributed by atoms with van der Waals surface area (Å²) in [5.41, 5.74) is 5.72. The van der Waals surface area contributed by atoms with Crippen molar-refractivity contribution in [3.8, 4) is 5.75 Å². The molecule has 1 aromatic carbocycles. The van der Waals surface area contributed by atoms with Gasteiger partial charge in [0.2, 0.25) is 0 Å². The van der Waals surface area contributed by atoms with E-state index >= 15 is 0 Å². The standard InChI is InChI=1S/C13H19ClN2O/c1-10(15)6-7-16-8-13(9-16)17-12-4-2-11(14)3-5-12/h2-5,10,13H,6-9,15H2,1H3/t10-/m0/s1. The van der Waals surface area contributed by atoms with E-state index in [-0.39, 0.29) is 6.04 Å². The molecule has 0 saturated carbocycles. The molecule has 1 fully saturated rings. The minimum Gasteiger partial charge on any atom is -0.488 e. The molecule has 2 N–H and O–H groups in total. The Morgan fingerprint density at radius 3 is 2.65 bits per heavy atom. The van der Waals surface area contributed by atoms with Gasteiger partial charge in [0.25, 0.3) is 0 Å². The molecule has 17 heavy (non-hydrogen) atoms. The first kappa shape index (κ1) is 12.7. The fourth-order valence-corrected chi connectivity index (χ4v) is 2.00. The molecule has 94 valence electrons. The van der Waals surface area contributed by atoms with Gasteiger partial charge >= 0.3 is 0 Å². The molecule has 0 bridgehead atoms. The van der Waals surface area contributed by atoms with Crippen LogP contribution < -0.4 is 10.5 Å². The number of likely N-dealkylation sites (tertiary alicyclic amines) is 1. The van der Waals surface area contributed by atoms with Gasteiger partial charge in [0.1, 0.15) is 11.9 Å². The van der Waals surface area contributed by atoms with Gasteiger partial charge in [-0.25, -0.2) is 0 Å². The van der Waals surface area contributed by atoms with E-state index in [2.05, 4.69) is 4.90 Å². The van der Waals surface area contributed by atoms with Crippen LogP contribution in [-0.2, 0) is 0 Å². The smallest absolute Gasteiger partial charge is 0.124 e. The molecule has 0 aromatic heterocycles. The van der Waals surface area contributed by atoms with Gasteiger partial charge < -0.3 is 10.5 Å². The molecule has 1 saturated heterocycles. The van der Waals surface area contributed by atoms with Crippen LogP contribution in [0.25, 0.3) is 0 Å². The van der Waals surface area contributed by atoms with Crippen LogP contribution in [0.4, 0.5) is 0 Å². The number of nitrogens with zero attached hydrogens (tertiary/aromatic N) is 1. The van der Waals surface area contributed by atoms with Crippen molar-refractivity contribution in [1.29, 1.82) is 0 Å². The van der Waals surface area contributed by atoms with Crippen molar-refractivity contribution in [2.45, 2.75) is 25.5 Å². The van der Waals surface area contributed by atoms with Crippen molar-refractivity contribution >= 4 is 11.6 Å². The number of benzene rings is 1. The molecule has 4 heteroatoms. The predicted octanol–water partition coefficient (Wildman–Crippen LogP) is 2.14. The zero-order valence-electron chi connectivity index (χ0n) is 10.1. The molecule has 0 amide bonds. The topological polar surface area (TPSA) is 38.5 Å². The first-order valence-electron chi connectivity index (χ1n) is 6.03. The van der Waals surface area contributed by atoms with Gasteiger partial charge in [-0.05, 0) is 44.2 Å². The fourth-order valence-electron chi connectivity index (χ4n) is 1.87. The van der Waals surface area contributed by atoms with E-state index in [4.69, 9.17) is 22.1 Å². The molecule has 0 unspecified atom stereocenters. The van der Waals surface area contributed by atoms with Crippen LogP contribution in [0.3, 0.4) is 0 Å². The molecular formula is C13H19ClN2O. The summed E-state index contributed by atoms with van der Waals surface area (Å²) >= 11 is 5.81. The Kier molecular flexibility index (Phi) is 4.26. The van der Waals surface area contributed by atoms with Gasteiger partial charge in [0.05, 0.1) is 0 Å². The lowest BCUT2D eigenvalue weighted by molar-refractivity contribution is 0.0186. The van der Waals surface area contributed by atoms with Crippen molar-refractivity contribution in [2.75, 3.05) is 19.6 Å². The van der Waals surface area contributed by atoms with E-state index in [1.165, 1.54) is 0 Å². The Labute approximate surface area is 107 Å². The highest BCUT2D eigenvalue weighted by Gasteiger charge is 2.27. The molecule has 1 atom stereocenters. The first-order chi connectivity index (χ1) is 8.13. The third kappa shape index (κ3) is 3.87. The minimum absolute atomic E-state index is 0.284. The molecular weight excluding hydrogens is 236 g/mol. The van der Waals surface area contributed by atoms with Crippen molar-refractivity contribution in [3.63, 3.8) is 0 Å². The van der Waals surface area contributed by atoms with Gasteiger partial charge in [-0.3, -0.25) is 4.90 Å². The molecule has 0 radical (unpaired) electrons. The van der Waals surface area contributed by atoms with E-state index in [0.717, 1.165) is 36.8 Å². The lowest BCUT2D eigenvalue weighted by Gasteiger charge is -2.39. The SMILES string of the molecule is C[C@H](N)CCN1CC(Oc2ccc(Cl)cc2)C1. The average molecular weight is 255 g/mol. The highest BCUT2D eigenvalue weighted by Crippen LogP contribution is 2.20. The third-order valence-electron chi connectivity index (χ3n) is 2.94. The van der Waals surface area contributed by atoms with E-state index in [9.17, 15) is 0 Å². The van der Waals surface area contributed by atoms with Crippen LogP contribution in [0.5, 0.6) is 5.75 Å². The second-order valence-corrected chi connectivity index (χ2v) is 5.16. The van der Waals surface area contributed by atoms with Crippen molar-refractivity contribution in [3.05, 3.63) is 29.3 Å². The summed E-state index contributed by atoms with van der Waals surface area (Å²) in [6, 6.07) is 7.80. The second-order valence-electron chi connectivity index (χ2n) is 4.72. The van der Waals surface area contributed by atoms with Gasteiger partial charge in [0, 0.05) is 24.2 Å². The largest absolute Gasteiger partial charge is 0.488 e. The minimum atomic E-state index is 0.284. The van der Waals surface area contributed by atoms with Crippen molar-refractivity contribution < 1.29 is 4.74 Å². The Bertz CT molecular complexity index is 347. The summed E-state index contributed by atoms with van der Waals surface area (Å²) < 4.78 is 5.81. The lowest BCUT2D eigenvalue weighted by Crippen LogP contribution is -2.54. The maximum absolute atomic E-state index is 5.81. The van der Waals surface area contributed by atoms with E-state index in [0.29, 0.717) is 6.10 Å². The molecule has 2 rings (SSSR count). The molecule has 0 aliphatic carbocycles. The van der Waals surface area contributed by atoms with Crippen LogP contribution in [0, 0.1) is 0 Å². The molecule has 1 aromatic rings. The number of nitrogens with two attached hydrogens (primary N) is 1. The lowest BCUT2D eigenvalue weighted by atomic mass is 10.1. The number of rotatable bonds is 5. The fraction of sp³-hybridized carbons (Fsp3) is 0.538. The van der Waals surface area contributed by atoms with Crippen molar-refractivity contribution in [1.82, 2.24) is 4.90 Å². The number of ether oxygens (including phenoxy) is 1. The quantitative estimate of drug-likeness (QED) is 0.875. The number of halogens is 1. The Balaban J connectivity index is 1.68. The molecule has 1 aliphatic heterocycles. The summed E-state index contributed by atoms with van der Waals surface area (Å²) in [6.07, 6.45) is 1.36. The van der Waals surface area contributed by atoms with Crippen LogP contribution in [0.15, 0.2) is 24.3 Å². The van der Waals surface area contributed by atoms with Gasteiger partial charge in [-0.15, -0.1) is 0 Å². The highest BCUT2D eigenvalue weighted by molar-refractivity contribution is 6.30. The van der Waals surface area contributed by atoms with E-state index in [1.807, 2.05) is 31.2 Å². The second kappa shape index (κ2) is 5.71. The van der Waals surface area contributed by atoms with Crippen LogP contribution in [0.2, 0.25) is 5.02 Å². The monoisotopic (exact) mass is 254 g/mol. The zero-order chi connectivity index (χ0) is 12.3. The van der Waals surface area contributed by atoms with E-state index in [1.54, 1.807) is 0 Å². The maximum atomic E-state index is 5.81. The van der Waals surface area contributed by atoms with Gasteiger partial charge in [0.15, 0.2) is 0 Å². The normalized spacial score (nSPS) is 18.8. The molecule has 0 spiro atoms. The van der Waals surface area contributed by atoms with Gasteiger partial charge in [-0.1, -0.05) is 11.6 Å². The van der Waals surface area contributed by atoms with Crippen LogP contribution in [-0.4, -0.2) is 36.7 Å². The van der Waals surface area contributed by atoms with Crippen molar-refractivity contribution in [2.24, 2.45) is 5.73 Å².